The Labute approximate surface area is 201 Å². The molecule has 174 valence electrons. The Hall–Kier alpha value is -2.92. The smallest absolute Gasteiger partial charge is 0.303 e. The van der Waals surface area contributed by atoms with E-state index in [-0.39, 0.29) is 6.42 Å². The number of ether oxygens (including phenoxy) is 2. The van der Waals surface area contributed by atoms with Crippen LogP contribution in [0.25, 0.3) is 11.1 Å². The summed E-state index contributed by atoms with van der Waals surface area (Å²) in [6.45, 7) is 7.62. The molecule has 0 amide bonds. The Morgan fingerprint density at radius 1 is 0.909 bits per heavy atom. The quantitative estimate of drug-likeness (QED) is 0.302. The summed E-state index contributed by atoms with van der Waals surface area (Å²) in [5.41, 5.74) is 6.89. The van der Waals surface area contributed by atoms with Crippen LogP contribution in [0.15, 0.2) is 60.7 Å². The molecular weight excluding hydrogens is 432 g/mol. The number of carbonyl (C=O) groups is 1. The second-order valence-corrected chi connectivity index (χ2v) is 9.40. The van der Waals surface area contributed by atoms with Crippen LogP contribution in [0.1, 0.15) is 35.6 Å². The molecule has 0 radical (unpaired) electrons. The van der Waals surface area contributed by atoms with Crippen LogP contribution in [0.3, 0.4) is 0 Å². The summed E-state index contributed by atoms with van der Waals surface area (Å²) in [7, 11) is 0. The molecule has 5 heteroatoms. The lowest BCUT2D eigenvalue weighted by molar-refractivity contribution is -0.136. The van der Waals surface area contributed by atoms with Crippen LogP contribution in [0.5, 0.6) is 11.5 Å². The van der Waals surface area contributed by atoms with Crippen molar-refractivity contribution in [1.82, 2.24) is 0 Å². The third-order valence-corrected chi connectivity index (χ3v) is 6.24. The van der Waals surface area contributed by atoms with Gasteiger partial charge in [-0.05, 0) is 89.7 Å². The second-order valence-electron chi connectivity index (χ2n) is 8.00. The fourth-order valence-electron chi connectivity index (χ4n) is 3.81. The van der Waals surface area contributed by atoms with Crippen LogP contribution in [0.2, 0.25) is 0 Å². The van der Waals surface area contributed by atoms with Crippen LogP contribution in [0.4, 0.5) is 0 Å². The van der Waals surface area contributed by atoms with Gasteiger partial charge in [-0.25, -0.2) is 0 Å². The minimum atomic E-state index is -0.783. The van der Waals surface area contributed by atoms with E-state index in [2.05, 4.69) is 57.2 Å². The summed E-state index contributed by atoms with van der Waals surface area (Å²) in [6, 6.07) is 20.3. The van der Waals surface area contributed by atoms with Crippen molar-refractivity contribution >= 4 is 17.7 Å². The molecule has 0 fully saturated rings. The lowest BCUT2D eigenvalue weighted by Gasteiger charge is -2.15. The number of hydrogen-bond acceptors (Lipinski definition) is 4. The summed E-state index contributed by atoms with van der Waals surface area (Å²) < 4.78 is 11.9. The van der Waals surface area contributed by atoms with Gasteiger partial charge in [0.1, 0.15) is 18.1 Å². The lowest BCUT2D eigenvalue weighted by atomic mass is 9.94. The zero-order chi connectivity index (χ0) is 23.6. The van der Waals surface area contributed by atoms with E-state index in [1.54, 1.807) is 0 Å². The molecule has 0 saturated heterocycles. The standard InChI is InChI=1S/C28H32O4S/c1-4-33-15-14-31-26-16-20(2)28(21(3)17-26)24-7-5-6-23(18-24)19-32-25-11-8-22(9-12-25)10-13-27(29)30/h5-9,11-12,16-18H,4,10,13-15,19H2,1-3H3,(H,29,30). The van der Waals surface area contributed by atoms with Crippen molar-refractivity contribution in [2.75, 3.05) is 18.1 Å². The van der Waals surface area contributed by atoms with Gasteiger partial charge in [0.15, 0.2) is 0 Å². The first kappa shape index (κ1) is 24.7. The average molecular weight is 465 g/mol. The number of hydrogen-bond donors (Lipinski definition) is 1. The van der Waals surface area contributed by atoms with Crippen molar-refractivity contribution in [2.24, 2.45) is 0 Å². The minimum absolute atomic E-state index is 0.136. The van der Waals surface area contributed by atoms with Crippen molar-refractivity contribution < 1.29 is 19.4 Å². The lowest BCUT2D eigenvalue weighted by Crippen LogP contribution is -2.02. The SMILES string of the molecule is CCSCCOc1cc(C)c(-c2cccc(COc3ccc(CCC(=O)O)cc3)c2)c(C)c1. The van der Waals surface area contributed by atoms with E-state index >= 15 is 0 Å². The number of rotatable bonds is 12. The maximum absolute atomic E-state index is 10.7. The Kier molecular flexibility index (Phi) is 9.25. The molecule has 1 N–H and O–H groups in total. The molecule has 0 aliphatic heterocycles. The van der Waals surface area contributed by atoms with Crippen molar-refractivity contribution in [3.05, 3.63) is 82.9 Å². The van der Waals surface area contributed by atoms with E-state index in [0.717, 1.165) is 40.7 Å². The zero-order valence-corrected chi connectivity index (χ0v) is 20.4. The highest BCUT2D eigenvalue weighted by Gasteiger charge is 2.10. The fourth-order valence-corrected chi connectivity index (χ4v) is 4.30. The maximum atomic E-state index is 10.7. The van der Waals surface area contributed by atoms with E-state index in [0.29, 0.717) is 13.0 Å². The summed E-state index contributed by atoms with van der Waals surface area (Å²) in [4.78, 5) is 10.7. The van der Waals surface area contributed by atoms with Gasteiger partial charge in [0, 0.05) is 12.2 Å². The van der Waals surface area contributed by atoms with Crippen molar-refractivity contribution in [3.8, 4) is 22.6 Å². The predicted octanol–water partition coefficient (Wildman–Crippen LogP) is 6.70. The third-order valence-electron chi connectivity index (χ3n) is 5.38. The van der Waals surface area contributed by atoms with Gasteiger partial charge in [0.05, 0.1) is 6.61 Å². The molecule has 0 aromatic heterocycles. The van der Waals surface area contributed by atoms with Crippen LogP contribution in [0, 0.1) is 13.8 Å². The molecular formula is C28H32O4S. The van der Waals surface area contributed by atoms with Gasteiger partial charge in [-0.2, -0.15) is 11.8 Å². The molecule has 0 atom stereocenters. The zero-order valence-electron chi connectivity index (χ0n) is 19.6. The van der Waals surface area contributed by atoms with Crippen LogP contribution in [-0.4, -0.2) is 29.2 Å². The Balaban J connectivity index is 1.65. The fraction of sp³-hybridized carbons (Fsp3) is 0.321. The van der Waals surface area contributed by atoms with Gasteiger partial charge >= 0.3 is 5.97 Å². The first-order chi connectivity index (χ1) is 16.0. The van der Waals surface area contributed by atoms with Gasteiger partial charge in [-0.3, -0.25) is 4.79 Å². The third kappa shape index (κ3) is 7.57. The van der Waals surface area contributed by atoms with E-state index < -0.39 is 5.97 Å². The number of carboxylic acids is 1. The molecule has 3 rings (SSSR count). The first-order valence-corrected chi connectivity index (χ1v) is 12.5. The van der Waals surface area contributed by atoms with Gasteiger partial charge in [-0.15, -0.1) is 0 Å². The number of carboxylic acid groups (broad SMARTS) is 1. The monoisotopic (exact) mass is 464 g/mol. The van der Waals surface area contributed by atoms with E-state index in [1.807, 2.05) is 36.0 Å². The van der Waals surface area contributed by atoms with Crippen LogP contribution >= 0.6 is 11.8 Å². The summed E-state index contributed by atoms with van der Waals surface area (Å²) >= 11 is 1.89. The highest BCUT2D eigenvalue weighted by Crippen LogP contribution is 2.32. The normalized spacial score (nSPS) is 10.8. The largest absolute Gasteiger partial charge is 0.493 e. The topological polar surface area (TPSA) is 55.8 Å². The average Bonchev–Trinajstić information content (AvgIpc) is 2.80. The highest BCUT2D eigenvalue weighted by molar-refractivity contribution is 7.99. The maximum Gasteiger partial charge on any atom is 0.303 e. The predicted molar refractivity (Wildman–Crippen MR) is 137 cm³/mol. The molecule has 0 bridgehead atoms. The highest BCUT2D eigenvalue weighted by atomic mass is 32.2. The van der Waals surface area contributed by atoms with E-state index in [4.69, 9.17) is 14.6 Å². The van der Waals surface area contributed by atoms with Crippen molar-refractivity contribution in [3.63, 3.8) is 0 Å². The van der Waals surface area contributed by atoms with Gasteiger partial charge in [0.25, 0.3) is 0 Å². The molecule has 0 unspecified atom stereocenters. The molecule has 3 aromatic rings. The van der Waals surface area contributed by atoms with Crippen LogP contribution in [-0.2, 0) is 17.8 Å². The van der Waals surface area contributed by atoms with E-state index in [1.165, 1.54) is 22.3 Å². The second kappa shape index (κ2) is 12.4. The molecule has 0 heterocycles. The molecule has 0 aliphatic carbocycles. The van der Waals surface area contributed by atoms with E-state index in [9.17, 15) is 4.79 Å². The Morgan fingerprint density at radius 2 is 1.64 bits per heavy atom. The van der Waals surface area contributed by atoms with Gasteiger partial charge < -0.3 is 14.6 Å². The molecule has 33 heavy (non-hydrogen) atoms. The summed E-state index contributed by atoms with van der Waals surface area (Å²) in [6.07, 6.45) is 0.661. The number of benzene rings is 3. The molecule has 3 aromatic carbocycles. The Bertz CT molecular complexity index is 1040. The molecule has 0 saturated carbocycles. The summed E-state index contributed by atoms with van der Waals surface area (Å²) in [5, 5.41) is 8.81. The number of thioether (sulfide) groups is 1. The number of aryl methyl sites for hydroxylation is 3. The molecule has 0 aliphatic rings. The van der Waals surface area contributed by atoms with Crippen molar-refractivity contribution in [2.45, 2.75) is 40.2 Å². The molecule has 4 nitrogen and oxygen atoms in total. The first-order valence-electron chi connectivity index (χ1n) is 11.3. The summed E-state index contributed by atoms with van der Waals surface area (Å²) in [5.74, 6) is 3.03. The number of aliphatic carboxylic acids is 1. The molecule has 0 spiro atoms. The minimum Gasteiger partial charge on any atom is -0.493 e. The Morgan fingerprint density at radius 3 is 2.30 bits per heavy atom. The van der Waals surface area contributed by atoms with Gasteiger partial charge in [-0.1, -0.05) is 37.3 Å². The van der Waals surface area contributed by atoms with Crippen LogP contribution < -0.4 is 9.47 Å². The van der Waals surface area contributed by atoms with Crippen molar-refractivity contribution in [1.29, 1.82) is 0 Å². The van der Waals surface area contributed by atoms with Gasteiger partial charge in [0.2, 0.25) is 0 Å².